The summed E-state index contributed by atoms with van der Waals surface area (Å²) >= 11 is 0. The number of hydrogen-bond donors (Lipinski definition) is 1. The predicted octanol–water partition coefficient (Wildman–Crippen LogP) is 4.82. The molecule has 0 spiro atoms. The molecule has 1 aliphatic rings. The molecule has 1 heterocycles. The molecule has 1 fully saturated rings. The molecule has 1 aromatic carbocycles. The standard InChI is InChI=1S/C17H21FN2/c1-11-6-8-13(9-7-11)16-12(2)17(20-19-16)14-4-3-5-15(18)10-14/h3-5,10-11,13H,6-9H2,1-2H3,(H,19,20). The van der Waals surface area contributed by atoms with E-state index in [1.54, 1.807) is 12.1 Å². The van der Waals surface area contributed by atoms with Crippen molar-refractivity contribution < 1.29 is 4.39 Å². The van der Waals surface area contributed by atoms with Crippen LogP contribution < -0.4 is 0 Å². The molecule has 0 radical (unpaired) electrons. The van der Waals surface area contributed by atoms with Gasteiger partial charge in [0.2, 0.25) is 0 Å². The molecule has 2 nitrogen and oxygen atoms in total. The molecule has 1 saturated carbocycles. The fourth-order valence-corrected chi connectivity index (χ4v) is 3.27. The van der Waals surface area contributed by atoms with E-state index < -0.39 is 0 Å². The van der Waals surface area contributed by atoms with Gasteiger partial charge in [0.15, 0.2) is 0 Å². The van der Waals surface area contributed by atoms with E-state index in [1.807, 2.05) is 6.07 Å². The number of nitrogens with zero attached hydrogens (tertiary/aromatic N) is 1. The largest absolute Gasteiger partial charge is 0.281 e. The first-order valence-electron chi connectivity index (χ1n) is 7.46. The predicted molar refractivity (Wildman–Crippen MR) is 79.1 cm³/mol. The Balaban J connectivity index is 1.89. The van der Waals surface area contributed by atoms with E-state index in [9.17, 15) is 4.39 Å². The Morgan fingerprint density at radius 1 is 1.20 bits per heavy atom. The lowest BCUT2D eigenvalue weighted by Crippen LogP contribution is -2.11. The topological polar surface area (TPSA) is 28.7 Å². The summed E-state index contributed by atoms with van der Waals surface area (Å²) in [7, 11) is 0. The first-order chi connectivity index (χ1) is 9.65. The minimum atomic E-state index is -0.210. The van der Waals surface area contributed by atoms with Gasteiger partial charge in [-0.05, 0) is 43.4 Å². The molecule has 3 rings (SSSR count). The van der Waals surface area contributed by atoms with Gasteiger partial charge in [0, 0.05) is 17.2 Å². The van der Waals surface area contributed by atoms with Gasteiger partial charge in [-0.2, -0.15) is 5.10 Å². The van der Waals surface area contributed by atoms with E-state index in [2.05, 4.69) is 24.0 Å². The second kappa shape index (κ2) is 5.39. The normalized spacial score (nSPS) is 22.9. The highest BCUT2D eigenvalue weighted by Gasteiger charge is 2.24. The Hall–Kier alpha value is -1.64. The average molecular weight is 272 g/mol. The molecule has 0 aliphatic heterocycles. The number of rotatable bonds is 2. The van der Waals surface area contributed by atoms with Crippen molar-refractivity contribution in [3.8, 4) is 11.3 Å². The molecular weight excluding hydrogens is 251 g/mol. The number of H-pyrrole nitrogens is 1. The minimum Gasteiger partial charge on any atom is -0.281 e. The monoisotopic (exact) mass is 272 g/mol. The highest BCUT2D eigenvalue weighted by atomic mass is 19.1. The molecule has 1 aliphatic carbocycles. The molecule has 0 bridgehead atoms. The number of halogens is 1. The van der Waals surface area contributed by atoms with Gasteiger partial charge in [-0.1, -0.05) is 31.9 Å². The summed E-state index contributed by atoms with van der Waals surface area (Å²) in [5.41, 5.74) is 4.17. The summed E-state index contributed by atoms with van der Waals surface area (Å²) in [6.45, 7) is 4.42. The van der Waals surface area contributed by atoms with Crippen molar-refractivity contribution in [1.29, 1.82) is 0 Å². The molecule has 3 heteroatoms. The van der Waals surface area contributed by atoms with Gasteiger partial charge in [0.05, 0.1) is 5.69 Å². The van der Waals surface area contributed by atoms with Gasteiger partial charge in [-0.15, -0.1) is 0 Å². The van der Waals surface area contributed by atoms with Crippen LogP contribution in [0.25, 0.3) is 11.3 Å². The van der Waals surface area contributed by atoms with E-state index in [0.717, 1.165) is 17.2 Å². The van der Waals surface area contributed by atoms with E-state index in [4.69, 9.17) is 0 Å². The van der Waals surface area contributed by atoms with Crippen LogP contribution in [0, 0.1) is 18.7 Å². The molecule has 1 N–H and O–H groups in total. The van der Waals surface area contributed by atoms with Crippen LogP contribution in [0.5, 0.6) is 0 Å². The van der Waals surface area contributed by atoms with Crippen molar-refractivity contribution in [3.63, 3.8) is 0 Å². The smallest absolute Gasteiger partial charge is 0.123 e. The van der Waals surface area contributed by atoms with E-state index in [0.29, 0.717) is 5.92 Å². The second-order valence-corrected chi connectivity index (χ2v) is 6.08. The Kier molecular flexibility index (Phi) is 3.60. The first-order valence-corrected chi connectivity index (χ1v) is 7.46. The van der Waals surface area contributed by atoms with E-state index in [-0.39, 0.29) is 5.82 Å². The molecule has 0 atom stereocenters. The summed E-state index contributed by atoms with van der Waals surface area (Å²) in [6.07, 6.45) is 5.04. The first kappa shape index (κ1) is 13.3. The minimum absolute atomic E-state index is 0.210. The number of aromatic amines is 1. The Labute approximate surface area is 119 Å². The highest BCUT2D eigenvalue weighted by molar-refractivity contribution is 5.63. The third-order valence-corrected chi connectivity index (χ3v) is 4.57. The van der Waals surface area contributed by atoms with Crippen LogP contribution in [0.4, 0.5) is 4.39 Å². The zero-order chi connectivity index (χ0) is 14.1. The summed E-state index contributed by atoms with van der Waals surface area (Å²) < 4.78 is 13.4. The second-order valence-electron chi connectivity index (χ2n) is 6.08. The maximum absolute atomic E-state index is 13.4. The van der Waals surface area contributed by atoms with Crippen LogP contribution in [0.1, 0.15) is 49.8 Å². The number of nitrogens with one attached hydrogen (secondary N) is 1. The molecule has 0 unspecified atom stereocenters. The molecule has 1 aromatic heterocycles. The Bertz CT molecular complexity index is 595. The maximum atomic E-state index is 13.4. The Morgan fingerprint density at radius 3 is 2.65 bits per heavy atom. The SMILES string of the molecule is Cc1c(-c2cccc(F)c2)n[nH]c1C1CCC(C)CC1. The Morgan fingerprint density at radius 2 is 1.95 bits per heavy atom. The van der Waals surface area contributed by atoms with Crippen LogP contribution in [0.3, 0.4) is 0 Å². The van der Waals surface area contributed by atoms with Gasteiger partial charge in [0.25, 0.3) is 0 Å². The van der Waals surface area contributed by atoms with E-state index >= 15 is 0 Å². The van der Waals surface area contributed by atoms with Crippen LogP contribution in [-0.2, 0) is 0 Å². The molecular formula is C17H21FN2. The molecule has 0 amide bonds. The van der Waals surface area contributed by atoms with Gasteiger partial charge in [-0.25, -0.2) is 4.39 Å². The third kappa shape index (κ3) is 2.49. The average Bonchev–Trinajstić information content (AvgIpc) is 2.82. The van der Waals surface area contributed by atoms with Gasteiger partial charge >= 0.3 is 0 Å². The van der Waals surface area contributed by atoms with Gasteiger partial charge < -0.3 is 0 Å². The lowest BCUT2D eigenvalue weighted by molar-refractivity contribution is 0.343. The number of hydrogen-bond acceptors (Lipinski definition) is 1. The number of aromatic nitrogens is 2. The molecule has 0 saturated heterocycles. The summed E-state index contributed by atoms with van der Waals surface area (Å²) in [6, 6.07) is 6.67. The van der Waals surface area contributed by atoms with E-state index in [1.165, 1.54) is 43.0 Å². The summed E-state index contributed by atoms with van der Waals surface area (Å²) in [4.78, 5) is 0. The molecule has 20 heavy (non-hydrogen) atoms. The quantitative estimate of drug-likeness (QED) is 0.834. The van der Waals surface area contributed by atoms with Crippen LogP contribution in [0.15, 0.2) is 24.3 Å². The van der Waals surface area contributed by atoms with Crippen molar-refractivity contribution >= 4 is 0 Å². The van der Waals surface area contributed by atoms with Crippen molar-refractivity contribution in [2.24, 2.45) is 5.92 Å². The lowest BCUT2D eigenvalue weighted by Gasteiger charge is -2.25. The third-order valence-electron chi connectivity index (χ3n) is 4.57. The summed E-state index contributed by atoms with van der Waals surface area (Å²) in [5.74, 6) is 1.22. The van der Waals surface area contributed by atoms with Crippen molar-refractivity contribution in [3.05, 3.63) is 41.3 Å². The van der Waals surface area contributed by atoms with Crippen molar-refractivity contribution in [2.75, 3.05) is 0 Å². The van der Waals surface area contributed by atoms with Crippen LogP contribution >= 0.6 is 0 Å². The fraction of sp³-hybridized carbons (Fsp3) is 0.471. The van der Waals surface area contributed by atoms with Crippen LogP contribution in [-0.4, -0.2) is 10.2 Å². The summed E-state index contributed by atoms with van der Waals surface area (Å²) in [5, 5.41) is 7.63. The highest BCUT2D eigenvalue weighted by Crippen LogP contribution is 2.37. The maximum Gasteiger partial charge on any atom is 0.123 e. The number of benzene rings is 1. The van der Waals surface area contributed by atoms with Gasteiger partial charge in [0.1, 0.15) is 5.82 Å². The van der Waals surface area contributed by atoms with Crippen LogP contribution in [0.2, 0.25) is 0 Å². The zero-order valence-electron chi connectivity index (χ0n) is 12.1. The van der Waals surface area contributed by atoms with Crippen molar-refractivity contribution in [1.82, 2.24) is 10.2 Å². The molecule has 106 valence electrons. The lowest BCUT2D eigenvalue weighted by atomic mass is 9.80. The fourth-order valence-electron chi connectivity index (χ4n) is 3.27. The van der Waals surface area contributed by atoms with Gasteiger partial charge in [-0.3, -0.25) is 5.10 Å². The molecule has 2 aromatic rings. The zero-order valence-corrected chi connectivity index (χ0v) is 12.1. The van der Waals surface area contributed by atoms with Crippen molar-refractivity contribution in [2.45, 2.75) is 45.4 Å².